The molecule has 21 heavy (non-hydrogen) atoms. The van der Waals surface area contributed by atoms with Crippen LogP contribution in [-0.2, 0) is 12.3 Å². The second-order valence-electron chi connectivity index (χ2n) is 4.29. The SMILES string of the molecule is Cc1nnc(SCc2ccc([N+](=O)[O-])cc2Br)n1CCN. The van der Waals surface area contributed by atoms with Gasteiger partial charge in [-0.3, -0.25) is 10.1 Å². The molecule has 0 saturated heterocycles. The number of halogens is 1. The highest BCUT2D eigenvalue weighted by Crippen LogP contribution is 2.29. The molecule has 0 spiro atoms. The second kappa shape index (κ2) is 7.01. The molecule has 0 aliphatic rings. The van der Waals surface area contributed by atoms with Crippen LogP contribution < -0.4 is 5.73 Å². The summed E-state index contributed by atoms with van der Waals surface area (Å²) in [4.78, 5) is 10.3. The fourth-order valence-corrected chi connectivity index (χ4v) is 3.47. The van der Waals surface area contributed by atoms with E-state index in [1.165, 1.54) is 23.9 Å². The Morgan fingerprint density at radius 2 is 2.24 bits per heavy atom. The number of benzene rings is 1. The van der Waals surface area contributed by atoms with Gasteiger partial charge in [-0.1, -0.05) is 33.8 Å². The van der Waals surface area contributed by atoms with Gasteiger partial charge in [0.1, 0.15) is 5.82 Å². The Hall–Kier alpha value is -1.45. The summed E-state index contributed by atoms with van der Waals surface area (Å²) < 4.78 is 2.68. The molecule has 2 N–H and O–H groups in total. The molecular formula is C12H14BrN5O2S. The summed E-state index contributed by atoms with van der Waals surface area (Å²) >= 11 is 4.89. The third-order valence-electron chi connectivity index (χ3n) is 2.86. The van der Waals surface area contributed by atoms with E-state index in [4.69, 9.17) is 5.73 Å². The van der Waals surface area contributed by atoms with Gasteiger partial charge >= 0.3 is 0 Å². The molecule has 2 aromatic rings. The Morgan fingerprint density at radius 1 is 1.48 bits per heavy atom. The number of hydrogen-bond acceptors (Lipinski definition) is 6. The van der Waals surface area contributed by atoms with Gasteiger partial charge in [-0.2, -0.15) is 0 Å². The van der Waals surface area contributed by atoms with Crippen molar-refractivity contribution in [3.05, 3.63) is 44.2 Å². The lowest BCUT2D eigenvalue weighted by Crippen LogP contribution is -2.12. The van der Waals surface area contributed by atoms with Gasteiger partial charge in [-0.25, -0.2) is 0 Å². The molecule has 112 valence electrons. The minimum Gasteiger partial charge on any atom is -0.329 e. The quantitative estimate of drug-likeness (QED) is 0.475. The number of nitrogens with zero attached hydrogens (tertiary/aromatic N) is 4. The molecule has 2 rings (SSSR count). The van der Waals surface area contributed by atoms with Crippen LogP contribution in [0.1, 0.15) is 11.4 Å². The first-order chi connectivity index (χ1) is 10.0. The van der Waals surface area contributed by atoms with Crippen LogP contribution in [0.5, 0.6) is 0 Å². The third-order valence-corrected chi connectivity index (χ3v) is 4.61. The molecule has 1 heterocycles. The lowest BCUT2D eigenvalue weighted by atomic mass is 10.2. The molecule has 1 aromatic heterocycles. The van der Waals surface area contributed by atoms with E-state index in [1.807, 2.05) is 11.5 Å². The number of non-ortho nitro benzene ring substituents is 1. The first-order valence-corrected chi connectivity index (χ1v) is 7.96. The van der Waals surface area contributed by atoms with E-state index < -0.39 is 4.92 Å². The van der Waals surface area contributed by atoms with Gasteiger partial charge in [-0.05, 0) is 12.5 Å². The summed E-state index contributed by atoms with van der Waals surface area (Å²) in [6, 6.07) is 4.74. The minimum atomic E-state index is -0.414. The van der Waals surface area contributed by atoms with Crippen LogP contribution in [-0.4, -0.2) is 26.2 Å². The summed E-state index contributed by atoms with van der Waals surface area (Å²) in [5.41, 5.74) is 6.61. The van der Waals surface area contributed by atoms with Gasteiger partial charge < -0.3 is 10.3 Å². The van der Waals surface area contributed by atoms with Crippen LogP contribution in [0.25, 0.3) is 0 Å². The summed E-state index contributed by atoms with van der Waals surface area (Å²) in [6.07, 6.45) is 0. The largest absolute Gasteiger partial charge is 0.329 e. The summed E-state index contributed by atoms with van der Waals surface area (Å²) in [7, 11) is 0. The average Bonchev–Trinajstić information content (AvgIpc) is 2.79. The molecule has 0 amide bonds. The predicted octanol–water partition coefficient (Wildman–Crippen LogP) is 2.51. The average molecular weight is 372 g/mol. The van der Waals surface area contributed by atoms with Crippen molar-refractivity contribution in [1.82, 2.24) is 14.8 Å². The predicted molar refractivity (Wildman–Crippen MR) is 84.2 cm³/mol. The number of hydrogen-bond donors (Lipinski definition) is 1. The summed E-state index contributed by atoms with van der Waals surface area (Å²) in [5, 5.41) is 19.7. The fourth-order valence-electron chi connectivity index (χ4n) is 1.76. The van der Waals surface area contributed by atoms with Crippen molar-refractivity contribution in [2.45, 2.75) is 24.4 Å². The van der Waals surface area contributed by atoms with E-state index in [0.29, 0.717) is 23.3 Å². The molecule has 0 unspecified atom stereocenters. The first-order valence-electron chi connectivity index (χ1n) is 6.18. The molecule has 1 aromatic carbocycles. The van der Waals surface area contributed by atoms with Gasteiger partial charge in [-0.15, -0.1) is 10.2 Å². The van der Waals surface area contributed by atoms with Crippen LogP contribution in [0.15, 0.2) is 27.8 Å². The zero-order valence-corrected chi connectivity index (χ0v) is 13.7. The maximum absolute atomic E-state index is 10.7. The zero-order chi connectivity index (χ0) is 15.4. The molecule has 0 aliphatic heterocycles. The standard InChI is InChI=1S/C12H14BrN5O2S/c1-8-15-16-12(17(8)5-4-14)21-7-9-2-3-10(18(19)20)6-11(9)13/h2-3,6H,4-5,7,14H2,1H3. The minimum absolute atomic E-state index is 0.0674. The van der Waals surface area contributed by atoms with Crippen molar-refractivity contribution in [3.63, 3.8) is 0 Å². The molecule has 0 bridgehead atoms. The van der Waals surface area contributed by atoms with Gasteiger partial charge in [0.2, 0.25) is 0 Å². The van der Waals surface area contributed by atoms with Crippen molar-refractivity contribution in [1.29, 1.82) is 0 Å². The van der Waals surface area contributed by atoms with E-state index in [-0.39, 0.29) is 5.69 Å². The Balaban J connectivity index is 2.11. The number of nitro groups is 1. The van der Waals surface area contributed by atoms with E-state index in [0.717, 1.165) is 16.5 Å². The maximum atomic E-state index is 10.7. The van der Waals surface area contributed by atoms with Crippen LogP contribution in [0.3, 0.4) is 0 Å². The number of nitro benzene ring substituents is 1. The number of thioether (sulfide) groups is 1. The number of nitrogens with two attached hydrogens (primary N) is 1. The molecular weight excluding hydrogens is 358 g/mol. The van der Waals surface area contributed by atoms with E-state index in [9.17, 15) is 10.1 Å². The smallest absolute Gasteiger partial charge is 0.270 e. The maximum Gasteiger partial charge on any atom is 0.270 e. The highest BCUT2D eigenvalue weighted by Gasteiger charge is 2.12. The Bertz CT molecular complexity index is 661. The second-order valence-corrected chi connectivity index (χ2v) is 6.09. The Kier molecular flexibility index (Phi) is 5.32. The fraction of sp³-hybridized carbons (Fsp3) is 0.333. The van der Waals surface area contributed by atoms with E-state index in [2.05, 4.69) is 26.1 Å². The van der Waals surface area contributed by atoms with E-state index in [1.54, 1.807) is 6.07 Å². The van der Waals surface area contributed by atoms with Crippen LogP contribution in [0.4, 0.5) is 5.69 Å². The highest BCUT2D eigenvalue weighted by molar-refractivity contribution is 9.10. The normalized spacial score (nSPS) is 10.8. The van der Waals surface area contributed by atoms with Gasteiger partial charge in [0.05, 0.1) is 4.92 Å². The lowest BCUT2D eigenvalue weighted by Gasteiger charge is -2.07. The first kappa shape index (κ1) is 15.9. The molecule has 9 heteroatoms. The topological polar surface area (TPSA) is 99.9 Å². The van der Waals surface area contributed by atoms with Crippen molar-refractivity contribution < 1.29 is 4.92 Å². The molecule has 7 nitrogen and oxygen atoms in total. The van der Waals surface area contributed by atoms with Crippen molar-refractivity contribution >= 4 is 33.4 Å². The van der Waals surface area contributed by atoms with Gasteiger partial charge in [0, 0.05) is 35.4 Å². The van der Waals surface area contributed by atoms with Gasteiger partial charge in [0.15, 0.2) is 5.16 Å². The van der Waals surface area contributed by atoms with Gasteiger partial charge in [0.25, 0.3) is 5.69 Å². The number of rotatable bonds is 6. The molecule has 0 atom stereocenters. The van der Waals surface area contributed by atoms with Crippen LogP contribution in [0, 0.1) is 17.0 Å². The number of aromatic nitrogens is 3. The molecule has 0 radical (unpaired) electrons. The van der Waals surface area contributed by atoms with Crippen LogP contribution >= 0.6 is 27.7 Å². The number of aryl methyl sites for hydroxylation is 1. The summed E-state index contributed by atoms with van der Waals surface area (Å²) in [6.45, 7) is 3.07. The lowest BCUT2D eigenvalue weighted by molar-refractivity contribution is -0.384. The van der Waals surface area contributed by atoms with Crippen molar-refractivity contribution in [3.8, 4) is 0 Å². The molecule has 0 fully saturated rings. The highest BCUT2D eigenvalue weighted by atomic mass is 79.9. The third kappa shape index (κ3) is 3.80. The Morgan fingerprint density at radius 3 is 2.86 bits per heavy atom. The van der Waals surface area contributed by atoms with E-state index >= 15 is 0 Å². The molecule has 0 saturated carbocycles. The monoisotopic (exact) mass is 371 g/mol. The molecule has 0 aliphatic carbocycles. The van der Waals surface area contributed by atoms with Crippen LogP contribution in [0.2, 0.25) is 0 Å². The zero-order valence-electron chi connectivity index (χ0n) is 11.3. The van der Waals surface area contributed by atoms with Crippen molar-refractivity contribution in [2.24, 2.45) is 5.73 Å². The van der Waals surface area contributed by atoms with Crippen molar-refractivity contribution in [2.75, 3.05) is 6.54 Å². The Labute approximate surface area is 134 Å². The summed E-state index contributed by atoms with van der Waals surface area (Å²) in [5.74, 6) is 1.46.